The molecule has 0 bridgehead atoms. The number of benzene rings is 3. The van der Waals surface area contributed by atoms with E-state index in [1.165, 1.54) is 32.7 Å². The normalized spacial score (nSPS) is 11.8. The molecule has 5 rings (SSSR count). The Labute approximate surface area is 269 Å². The molecule has 1 aromatic heterocycles. The van der Waals surface area contributed by atoms with Crippen molar-refractivity contribution < 1.29 is 29.0 Å². The fourth-order valence-corrected chi connectivity index (χ4v) is 6.95. The van der Waals surface area contributed by atoms with E-state index in [1.54, 1.807) is 30.3 Å². The molecule has 232 valence electrons. The Kier molecular flexibility index (Phi) is 11.0. The number of aliphatic carboxylic acids is 1. The van der Waals surface area contributed by atoms with Crippen molar-refractivity contribution in [2.45, 2.75) is 25.8 Å². The number of aryl methyl sites for hydroxylation is 1. The number of fused-ring (bicyclic) bond motifs is 3. The summed E-state index contributed by atoms with van der Waals surface area (Å²) in [6, 6.07) is 26.8. The molecule has 0 saturated heterocycles. The number of nitrogens with one attached hydrogen (secondary N) is 2. The summed E-state index contributed by atoms with van der Waals surface area (Å²) < 4.78 is 11.6. The number of carbonyl (C=O) groups is 3. The van der Waals surface area contributed by atoms with Crippen LogP contribution in [0.1, 0.15) is 45.1 Å². The summed E-state index contributed by atoms with van der Waals surface area (Å²) in [5.41, 5.74) is 6.61. The molecule has 0 atom stereocenters. The number of alkyl carbamates (subject to hydrolysis) is 1. The van der Waals surface area contributed by atoms with Gasteiger partial charge in [-0.3, -0.25) is 9.59 Å². The number of pyridine rings is 1. The molecule has 0 spiro atoms. The summed E-state index contributed by atoms with van der Waals surface area (Å²) >= 11 is 0. The number of carboxylic acids is 1. The lowest BCUT2D eigenvalue weighted by atomic mass is 9.98. The highest BCUT2D eigenvalue weighted by Gasteiger charge is 2.29. The first-order chi connectivity index (χ1) is 21.9. The number of amides is 2. The topological polar surface area (TPSA) is 127 Å². The smallest absolute Gasteiger partial charge is 0.407 e. The first-order valence-corrected chi connectivity index (χ1v) is 16.9. The van der Waals surface area contributed by atoms with Crippen LogP contribution in [-0.4, -0.2) is 52.7 Å². The van der Waals surface area contributed by atoms with Crippen LogP contribution in [0.15, 0.2) is 84.9 Å². The van der Waals surface area contributed by atoms with Crippen LogP contribution >= 0.6 is 21.6 Å². The fraction of sp³-hybridized carbons (Fsp3) is 0.235. The van der Waals surface area contributed by atoms with Gasteiger partial charge in [0.2, 0.25) is 5.88 Å². The average Bonchev–Trinajstić information content (AvgIpc) is 3.35. The van der Waals surface area contributed by atoms with Crippen molar-refractivity contribution >= 4 is 39.6 Å². The van der Waals surface area contributed by atoms with E-state index in [1.807, 2.05) is 37.3 Å². The Balaban J connectivity index is 1.11. The third-order valence-electron chi connectivity index (χ3n) is 7.04. The first kappa shape index (κ1) is 31.9. The van der Waals surface area contributed by atoms with Gasteiger partial charge in [-0.05, 0) is 59.0 Å². The SMILES string of the molecule is Cc1cc(CNC(=O)OCC2c3ccccc3-c3ccccc32)cc(Oc2cccc(C(=O)NCCSSCCC(=O)O)c2)n1. The van der Waals surface area contributed by atoms with Crippen molar-refractivity contribution in [2.24, 2.45) is 0 Å². The van der Waals surface area contributed by atoms with Crippen molar-refractivity contribution in [1.29, 1.82) is 0 Å². The van der Waals surface area contributed by atoms with Gasteiger partial charge in [0, 0.05) is 47.8 Å². The summed E-state index contributed by atoms with van der Waals surface area (Å²) in [5.74, 6) is 0.904. The molecule has 9 nitrogen and oxygen atoms in total. The van der Waals surface area contributed by atoms with E-state index in [2.05, 4.69) is 39.9 Å². The number of rotatable bonds is 14. The van der Waals surface area contributed by atoms with Crippen molar-refractivity contribution in [3.63, 3.8) is 0 Å². The van der Waals surface area contributed by atoms with E-state index in [9.17, 15) is 14.4 Å². The largest absolute Gasteiger partial charge is 0.481 e. The highest BCUT2D eigenvalue weighted by atomic mass is 33.1. The van der Waals surface area contributed by atoms with Gasteiger partial charge >= 0.3 is 12.1 Å². The third kappa shape index (κ3) is 8.80. The standard InChI is InChI=1S/C34H33N3O6S2/c1-22-17-23(20-36-34(41)42-21-30-28-11-4-2-9-26(28)27-10-3-5-12-29(27)30)18-31(37-22)43-25-8-6-7-24(19-25)33(40)35-14-16-45-44-15-13-32(38)39/h2-12,17-19,30H,13-16,20-21H2,1H3,(H,35,40)(H,36,41)(H,38,39). The highest BCUT2D eigenvalue weighted by Crippen LogP contribution is 2.44. The van der Waals surface area contributed by atoms with Crippen LogP contribution in [0, 0.1) is 6.92 Å². The molecule has 2 amide bonds. The minimum atomic E-state index is -0.819. The van der Waals surface area contributed by atoms with Gasteiger partial charge in [0.1, 0.15) is 12.4 Å². The van der Waals surface area contributed by atoms with Crippen LogP contribution in [0.3, 0.4) is 0 Å². The zero-order valence-corrected chi connectivity index (χ0v) is 26.3. The molecule has 4 aromatic rings. The Hall–Kier alpha value is -4.48. The van der Waals surface area contributed by atoms with E-state index in [-0.39, 0.29) is 31.4 Å². The second-order valence-electron chi connectivity index (χ2n) is 10.3. The lowest BCUT2D eigenvalue weighted by Crippen LogP contribution is -2.25. The number of nitrogens with zero attached hydrogens (tertiary/aromatic N) is 1. The molecule has 0 aliphatic heterocycles. The molecule has 1 aliphatic carbocycles. The Morgan fingerprint density at radius 1 is 0.867 bits per heavy atom. The first-order valence-electron chi connectivity index (χ1n) is 14.5. The monoisotopic (exact) mass is 643 g/mol. The van der Waals surface area contributed by atoms with E-state index >= 15 is 0 Å². The molecule has 1 heterocycles. The summed E-state index contributed by atoms with van der Waals surface area (Å²) in [7, 11) is 2.99. The zero-order valence-electron chi connectivity index (χ0n) is 24.7. The number of carbonyl (C=O) groups excluding carboxylic acids is 2. The van der Waals surface area contributed by atoms with Crippen LogP contribution in [0.5, 0.6) is 11.6 Å². The number of carboxylic acid groups (broad SMARTS) is 1. The molecule has 3 aromatic carbocycles. The summed E-state index contributed by atoms with van der Waals surface area (Å²) in [6.45, 7) is 2.75. The van der Waals surface area contributed by atoms with Gasteiger partial charge in [0.25, 0.3) is 5.91 Å². The second kappa shape index (κ2) is 15.5. The molecule has 45 heavy (non-hydrogen) atoms. The Bertz CT molecular complexity index is 1640. The third-order valence-corrected chi connectivity index (χ3v) is 9.45. The molecule has 0 unspecified atom stereocenters. The second-order valence-corrected chi connectivity index (χ2v) is 13.0. The van der Waals surface area contributed by atoms with Gasteiger partial charge in [-0.2, -0.15) is 0 Å². The predicted octanol–water partition coefficient (Wildman–Crippen LogP) is 6.81. The van der Waals surface area contributed by atoms with Gasteiger partial charge < -0.3 is 25.2 Å². The molecule has 1 aliphatic rings. The molecule has 11 heteroatoms. The van der Waals surface area contributed by atoms with Crippen LogP contribution in [0.25, 0.3) is 11.1 Å². The summed E-state index contributed by atoms with van der Waals surface area (Å²) in [4.78, 5) is 40.3. The quantitative estimate of drug-likeness (QED) is 0.100. The van der Waals surface area contributed by atoms with Gasteiger partial charge in [-0.25, -0.2) is 9.78 Å². The van der Waals surface area contributed by atoms with Gasteiger partial charge in [-0.15, -0.1) is 0 Å². The van der Waals surface area contributed by atoms with Crippen LogP contribution in [0.4, 0.5) is 4.79 Å². The minimum absolute atomic E-state index is 0.0162. The fourth-order valence-electron chi connectivity index (χ4n) is 5.06. The summed E-state index contributed by atoms with van der Waals surface area (Å²) in [5, 5.41) is 14.4. The van der Waals surface area contributed by atoms with Gasteiger partial charge in [0.15, 0.2) is 0 Å². The van der Waals surface area contributed by atoms with Gasteiger partial charge in [-0.1, -0.05) is 76.2 Å². The van der Waals surface area contributed by atoms with E-state index < -0.39 is 12.1 Å². The molecular weight excluding hydrogens is 611 g/mol. The van der Waals surface area contributed by atoms with Crippen molar-refractivity contribution in [3.8, 4) is 22.8 Å². The summed E-state index contributed by atoms with van der Waals surface area (Å²) in [6.07, 6.45) is -0.395. The lowest BCUT2D eigenvalue weighted by molar-refractivity contribution is -0.136. The van der Waals surface area contributed by atoms with Gasteiger partial charge in [0.05, 0.1) is 6.42 Å². The average molecular weight is 644 g/mol. The van der Waals surface area contributed by atoms with Crippen molar-refractivity contribution in [3.05, 3.63) is 113 Å². The lowest BCUT2D eigenvalue weighted by Gasteiger charge is -2.15. The predicted molar refractivity (Wildman–Crippen MR) is 177 cm³/mol. The van der Waals surface area contributed by atoms with E-state index in [4.69, 9.17) is 14.6 Å². The zero-order chi connectivity index (χ0) is 31.6. The van der Waals surface area contributed by atoms with Crippen molar-refractivity contribution in [2.75, 3.05) is 24.7 Å². The van der Waals surface area contributed by atoms with E-state index in [0.717, 1.165) is 16.7 Å². The number of hydrogen-bond donors (Lipinski definition) is 3. The number of aromatic nitrogens is 1. The van der Waals surface area contributed by atoms with Crippen LogP contribution < -0.4 is 15.4 Å². The Morgan fingerprint density at radius 3 is 2.31 bits per heavy atom. The van der Waals surface area contributed by atoms with Crippen molar-refractivity contribution in [1.82, 2.24) is 15.6 Å². The maximum absolute atomic E-state index is 12.7. The molecule has 0 radical (unpaired) electrons. The minimum Gasteiger partial charge on any atom is -0.481 e. The molecular formula is C34H33N3O6S2. The molecule has 0 saturated carbocycles. The maximum atomic E-state index is 12.7. The molecule has 0 fully saturated rings. The highest BCUT2D eigenvalue weighted by molar-refractivity contribution is 8.76. The molecule has 3 N–H and O–H groups in total. The van der Waals surface area contributed by atoms with Crippen LogP contribution in [-0.2, 0) is 16.1 Å². The number of hydrogen-bond acceptors (Lipinski definition) is 8. The van der Waals surface area contributed by atoms with E-state index in [0.29, 0.717) is 40.9 Å². The maximum Gasteiger partial charge on any atom is 0.407 e. The number of ether oxygens (including phenoxy) is 2. The Morgan fingerprint density at radius 2 is 1.58 bits per heavy atom. The van der Waals surface area contributed by atoms with Crippen LogP contribution in [0.2, 0.25) is 0 Å².